The Kier molecular flexibility index (Phi) is 12.4. The smallest absolute Gasteiger partial charge is 0.246 e. The molecule has 0 N–H and O–H groups in total. The van der Waals surface area contributed by atoms with E-state index in [2.05, 4.69) is 24.7 Å². The average Bonchev–Trinajstić information content (AvgIpc) is 3.85. The minimum atomic E-state index is -4.31. The van der Waals surface area contributed by atoms with Crippen molar-refractivity contribution in [3.8, 4) is 17.4 Å². The van der Waals surface area contributed by atoms with Gasteiger partial charge in [-0.1, -0.05) is 50.0 Å². The van der Waals surface area contributed by atoms with Crippen molar-refractivity contribution in [2.24, 2.45) is 5.92 Å². The van der Waals surface area contributed by atoms with Gasteiger partial charge in [0.2, 0.25) is 21.8 Å². The van der Waals surface area contributed by atoms with Crippen LogP contribution in [0.25, 0.3) is 0 Å². The Bertz CT molecular complexity index is 1860. The molecule has 0 unspecified atom stereocenters. The van der Waals surface area contributed by atoms with Crippen molar-refractivity contribution < 1.29 is 36.6 Å². The van der Waals surface area contributed by atoms with Crippen LogP contribution >= 0.6 is 0 Å². The highest BCUT2D eigenvalue weighted by Gasteiger charge is 2.31. The van der Waals surface area contributed by atoms with E-state index in [-0.39, 0.29) is 38.1 Å². The molecule has 0 spiro atoms. The maximum atomic E-state index is 16.1. The van der Waals surface area contributed by atoms with Crippen LogP contribution in [0, 0.1) is 11.7 Å². The zero-order valence-electron chi connectivity index (χ0n) is 30.3. The number of hydrogen-bond acceptors (Lipinski definition) is 8. The summed E-state index contributed by atoms with van der Waals surface area (Å²) in [7, 11) is -2.49. The molecule has 1 fully saturated rings. The monoisotopic (exact) mass is 737 g/mol. The quantitative estimate of drug-likeness (QED) is 0.0594. The number of nitrogens with zero attached hydrogens (tertiary/aromatic N) is 3. The van der Waals surface area contributed by atoms with Gasteiger partial charge in [0.25, 0.3) is 0 Å². The van der Waals surface area contributed by atoms with E-state index in [0.717, 1.165) is 24.6 Å². The molecule has 0 saturated heterocycles. The summed E-state index contributed by atoms with van der Waals surface area (Å²) in [5.74, 6) is 0.858. The van der Waals surface area contributed by atoms with Crippen molar-refractivity contribution in [3.63, 3.8) is 0 Å². The number of sulfonamides is 1. The standard InChI is InChI=1S/C38H48FN3O7SSi/c1-27(43)42-36(23-28-7-8-28)34(38(40-42)49-26-48-19-20-51(4,5)6)21-31-13-18-37(35(39)22-31)50(44,45)41(24-29-9-14-32(46-2)15-10-29)25-30-11-16-33(47-3)17-12-30/h9-18,22,28H,7-8,19-21,23-26H2,1-6H3. The van der Waals surface area contributed by atoms with Crippen molar-refractivity contribution in [3.05, 3.63) is 100 Å². The lowest BCUT2D eigenvalue weighted by Gasteiger charge is -2.23. The second kappa shape index (κ2) is 16.5. The number of hydrogen-bond donors (Lipinski definition) is 0. The predicted octanol–water partition coefficient (Wildman–Crippen LogP) is 7.33. The highest BCUT2D eigenvalue weighted by Crippen LogP contribution is 2.37. The first-order chi connectivity index (χ1) is 24.3. The van der Waals surface area contributed by atoms with Crippen molar-refractivity contribution in [2.45, 2.75) is 76.3 Å². The van der Waals surface area contributed by atoms with Crippen LogP contribution in [0.15, 0.2) is 71.6 Å². The summed E-state index contributed by atoms with van der Waals surface area (Å²) in [4.78, 5) is 12.2. The summed E-state index contributed by atoms with van der Waals surface area (Å²) in [6.07, 6.45) is 2.95. The van der Waals surface area contributed by atoms with E-state index in [1.165, 1.54) is 28.0 Å². The van der Waals surface area contributed by atoms with E-state index < -0.39 is 28.8 Å². The number of rotatable bonds is 18. The second-order valence-corrected chi connectivity index (χ2v) is 21.7. The predicted molar refractivity (Wildman–Crippen MR) is 196 cm³/mol. The number of methoxy groups -OCH3 is 2. The average molecular weight is 738 g/mol. The molecule has 51 heavy (non-hydrogen) atoms. The highest BCUT2D eigenvalue weighted by molar-refractivity contribution is 7.89. The Labute approximate surface area is 301 Å². The lowest BCUT2D eigenvalue weighted by atomic mass is 10.0. The fraction of sp³-hybridized carbons (Fsp3) is 0.421. The van der Waals surface area contributed by atoms with Crippen LogP contribution in [0.3, 0.4) is 0 Å². The SMILES string of the molecule is COc1ccc(CN(Cc2ccc(OC)cc2)S(=O)(=O)c2ccc(Cc3c(OCOCC[Si](C)(C)C)nn(C(C)=O)c3CC3CC3)cc2F)cc1. The van der Waals surface area contributed by atoms with E-state index >= 15 is 4.39 Å². The first-order valence-corrected chi connectivity index (χ1v) is 22.3. The molecule has 3 aromatic carbocycles. The summed E-state index contributed by atoms with van der Waals surface area (Å²) in [6.45, 7) is 8.80. The van der Waals surface area contributed by atoms with Crippen LogP contribution in [0.4, 0.5) is 4.39 Å². The summed E-state index contributed by atoms with van der Waals surface area (Å²) in [5.41, 5.74) is 3.35. The summed E-state index contributed by atoms with van der Waals surface area (Å²) in [6, 6.07) is 19.3. The Morgan fingerprint density at radius 3 is 1.98 bits per heavy atom. The van der Waals surface area contributed by atoms with Gasteiger partial charge in [0.15, 0.2) is 6.79 Å². The molecule has 10 nitrogen and oxygen atoms in total. The minimum Gasteiger partial charge on any atom is -0.497 e. The first-order valence-electron chi connectivity index (χ1n) is 17.1. The van der Waals surface area contributed by atoms with E-state index in [1.54, 1.807) is 68.8 Å². The largest absolute Gasteiger partial charge is 0.497 e. The zero-order valence-corrected chi connectivity index (χ0v) is 32.1. The molecule has 1 aromatic heterocycles. The van der Waals surface area contributed by atoms with Crippen LogP contribution in [-0.4, -0.2) is 64.1 Å². The number of halogens is 1. The minimum absolute atomic E-state index is 0.00894. The number of ether oxygens (including phenoxy) is 4. The van der Waals surface area contributed by atoms with E-state index in [9.17, 15) is 13.2 Å². The van der Waals surface area contributed by atoms with Crippen molar-refractivity contribution in [1.82, 2.24) is 14.1 Å². The maximum absolute atomic E-state index is 16.1. The maximum Gasteiger partial charge on any atom is 0.246 e. The Balaban J connectivity index is 1.43. The Morgan fingerprint density at radius 2 is 1.49 bits per heavy atom. The molecule has 0 radical (unpaired) electrons. The number of aromatic nitrogens is 2. The molecule has 5 rings (SSSR count). The van der Waals surface area contributed by atoms with E-state index in [1.807, 2.05) is 0 Å². The summed E-state index contributed by atoms with van der Waals surface area (Å²) < 4.78 is 69.3. The fourth-order valence-electron chi connectivity index (χ4n) is 5.66. The highest BCUT2D eigenvalue weighted by atomic mass is 32.2. The first kappa shape index (κ1) is 38.2. The molecule has 1 saturated carbocycles. The third-order valence-electron chi connectivity index (χ3n) is 8.84. The van der Waals surface area contributed by atoms with Crippen molar-refractivity contribution in [1.29, 1.82) is 0 Å². The molecule has 0 amide bonds. The molecule has 0 aliphatic heterocycles. The third kappa shape index (κ3) is 10.3. The molecule has 1 heterocycles. The van der Waals surface area contributed by atoms with Gasteiger partial charge < -0.3 is 18.9 Å². The van der Waals surface area contributed by atoms with Gasteiger partial charge in [-0.3, -0.25) is 4.79 Å². The Morgan fingerprint density at radius 1 is 0.922 bits per heavy atom. The molecule has 274 valence electrons. The van der Waals surface area contributed by atoms with Crippen molar-refractivity contribution in [2.75, 3.05) is 27.6 Å². The topological polar surface area (TPSA) is 109 Å². The molecule has 1 aliphatic rings. The van der Waals surface area contributed by atoms with Gasteiger partial charge in [-0.25, -0.2) is 17.5 Å². The Hall–Kier alpha value is -4.04. The zero-order chi connectivity index (χ0) is 36.8. The van der Waals surface area contributed by atoms with Crippen LogP contribution < -0.4 is 14.2 Å². The molecular weight excluding hydrogens is 690 g/mol. The fourth-order valence-corrected chi connectivity index (χ4v) is 7.88. The summed E-state index contributed by atoms with van der Waals surface area (Å²) in [5, 5.41) is 4.50. The molecule has 1 aliphatic carbocycles. The lowest BCUT2D eigenvalue weighted by Crippen LogP contribution is -2.31. The normalized spacial score (nSPS) is 13.4. The number of benzene rings is 3. The van der Waals surface area contributed by atoms with E-state index in [4.69, 9.17) is 18.9 Å². The second-order valence-electron chi connectivity index (χ2n) is 14.2. The van der Waals surface area contributed by atoms with Gasteiger partial charge in [-0.05, 0) is 84.3 Å². The van der Waals surface area contributed by atoms with Gasteiger partial charge in [0.05, 0.1) is 19.9 Å². The van der Waals surface area contributed by atoms with E-state index in [0.29, 0.717) is 52.7 Å². The molecule has 4 aromatic rings. The van der Waals surface area contributed by atoms with Crippen LogP contribution in [-0.2, 0) is 40.7 Å². The third-order valence-corrected chi connectivity index (χ3v) is 12.4. The molecule has 13 heteroatoms. The van der Waals surface area contributed by atoms with Crippen LogP contribution in [0.5, 0.6) is 17.4 Å². The van der Waals surface area contributed by atoms with Gasteiger partial charge >= 0.3 is 0 Å². The van der Waals surface area contributed by atoms with Crippen LogP contribution in [0.1, 0.15) is 52.5 Å². The van der Waals surface area contributed by atoms with Gasteiger partial charge in [0, 0.05) is 46.7 Å². The van der Waals surface area contributed by atoms with Crippen molar-refractivity contribution >= 4 is 24.0 Å². The molecule has 0 bridgehead atoms. The summed E-state index contributed by atoms with van der Waals surface area (Å²) >= 11 is 0. The number of carbonyl (C=O) groups is 1. The lowest BCUT2D eigenvalue weighted by molar-refractivity contribution is 0.0184. The van der Waals surface area contributed by atoms with Gasteiger partial charge in [0.1, 0.15) is 22.2 Å². The molecular formula is C38H48FN3O7SSi. The van der Waals surface area contributed by atoms with Crippen LogP contribution in [0.2, 0.25) is 25.7 Å². The molecule has 0 atom stereocenters. The van der Waals surface area contributed by atoms with Gasteiger partial charge in [-0.15, -0.1) is 5.10 Å². The van der Waals surface area contributed by atoms with Gasteiger partial charge in [-0.2, -0.15) is 4.31 Å². The number of carbonyl (C=O) groups excluding carboxylic acids is 1.